The second kappa shape index (κ2) is 6.97. The van der Waals surface area contributed by atoms with Gasteiger partial charge in [0.2, 0.25) is 0 Å². The molecule has 1 rings (SSSR count). The summed E-state index contributed by atoms with van der Waals surface area (Å²) in [5.41, 5.74) is 1.12. The lowest BCUT2D eigenvalue weighted by Gasteiger charge is -2.10. The maximum atomic E-state index is 12.0. The highest BCUT2D eigenvalue weighted by Crippen LogP contribution is 2.27. The summed E-state index contributed by atoms with van der Waals surface area (Å²) in [5, 5.41) is 0. The summed E-state index contributed by atoms with van der Waals surface area (Å²) in [7, 11) is 0. The summed E-state index contributed by atoms with van der Waals surface area (Å²) in [6, 6.07) is 5.02. The van der Waals surface area contributed by atoms with Gasteiger partial charge in [-0.05, 0) is 36.8 Å². The van der Waals surface area contributed by atoms with Crippen molar-refractivity contribution in [3.05, 3.63) is 23.8 Å². The van der Waals surface area contributed by atoms with Crippen molar-refractivity contribution in [3.63, 3.8) is 0 Å². The summed E-state index contributed by atoms with van der Waals surface area (Å²) in [5.74, 6) is 0.803. The molecule has 0 saturated heterocycles. The maximum absolute atomic E-state index is 12.0. The number of aryl methyl sites for hydroxylation is 1. The Balaban J connectivity index is 2.79. The van der Waals surface area contributed by atoms with Gasteiger partial charge in [0.25, 0.3) is 0 Å². The van der Waals surface area contributed by atoms with Crippen LogP contribution in [-0.4, -0.2) is 18.7 Å². The number of rotatable bonds is 6. The zero-order valence-electron chi connectivity index (χ0n) is 8.88. The summed E-state index contributed by atoms with van der Waals surface area (Å²) < 4.78 is 28.4. The van der Waals surface area contributed by atoms with E-state index in [9.17, 15) is 8.78 Å². The van der Waals surface area contributed by atoms with E-state index >= 15 is 0 Å². The van der Waals surface area contributed by atoms with Gasteiger partial charge in [0.1, 0.15) is 5.75 Å². The zero-order chi connectivity index (χ0) is 12.0. The number of halogens is 3. The molecule has 0 spiro atoms. The van der Waals surface area contributed by atoms with Gasteiger partial charge in [0.15, 0.2) is 0 Å². The van der Waals surface area contributed by atoms with Crippen molar-refractivity contribution in [3.8, 4) is 5.75 Å². The molecule has 1 aromatic rings. The number of hydrogen-bond acceptors (Lipinski definition) is 2. The SMILES string of the molecule is CSc1cc(OC(F)F)ccc1CCCCl. The minimum absolute atomic E-state index is 0.203. The van der Waals surface area contributed by atoms with E-state index in [1.165, 1.54) is 11.8 Å². The Morgan fingerprint density at radius 1 is 1.44 bits per heavy atom. The van der Waals surface area contributed by atoms with E-state index in [1.54, 1.807) is 12.1 Å². The summed E-state index contributed by atoms with van der Waals surface area (Å²) in [6.45, 7) is -2.77. The van der Waals surface area contributed by atoms with Crippen LogP contribution in [0.5, 0.6) is 5.75 Å². The predicted octanol–water partition coefficient (Wildman–Crippen LogP) is 4.18. The van der Waals surface area contributed by atoms with E-state index in [4.69, 9.17) is 11.6 Å². The summed E-state index contributed by atoms with van der Waals surface area (Å²) in [6.07, 6.45) is 3.64. The molecule has 0 fully saturated rings. The van der Waals surface area contributed by atoms with Crippen LogP contribution in [0.25, 0.3) is 0 Å². The number of benzene rings is 1. The molecule has 0 saturated carbocycles. The minimum Gasteiger partial charge on any atom is -0.435 e. The van der Waals surface area contributed by atoms with Gasteiger partial charge in [-0.2, -0.15) is 8.78 Å². The third kappa shape index (κ3) is 4.18. The van der Waals surface area contributed by atoms with Crippen molar-refractivity contribution < 1.29 is 13.5 Å². The molecule has 0 heterocycles. The molecule has 0 atom stereocenters. The Bertz CT molecular complexity index is 334. The highest BCUT2D eigenvalue weighted by molar-refractivity contribution is 7.98. The van der Waals surface area contributed by atoms with Crippen molar-refractivity contribution in [2.75, 3.05) is 12.1 Å². The minimum atomic E-state index is -2.77. The van der Waals surface area contributed by atoms with E-state index < -0.39 is 6.61 Å². The van der Waals surface area contributed by atoms with Crippen molar-refractivity contribution in [2.24, 2.45) is 0 Å². The van der Waals surface area contributed by atoms with Gasteiger partial charge in [-0.3, -0.25) is 0 Å². The number of alkyl halides is 3. The maximum Gasteiger partial charge on any atom is 0.387 e. The molecule has 0 radical (unpaired) electrons. The Hall–Kier alpha value is -0.480. The molecular weight excluding hydrogens is 254 g/mol. The topological polar surface area (TPSA) is 9.23 Å². The van der Waals surface area contributed by atoms with E-state index in [0.717, 1.165) is 23.3 Å². The first-order valence-corrected chi connectivity index (χ1v) is 6.61. The fourth-order valence-corrected chi connectivity index (χ4v) is 2.16. The van der Waals surface area contributed by atoms with Crippen molar-refractivity contribution in [1.82, 2.24) is 0 Å². The summed E-state index contributed by atoms with van der Waals surface area (Å²) in [4.78, 5) is 0.961. The Morgan fingerprint density at radius 2 is 2.19 bits per heavy atom. The molecular formula is C11H13ClF2OS. The molecule has 0 N–H and O–H groups in total. The van der Waals surface area contributed by atoms with Crippen LogP contribution in [0.2, 0.25) is 0 Å². The van der Waals surface area contributed by atoms with Crippen molar-refractivity contribution in [1.29, 1.82) is 0 Å². The monoisotopic (exact) mass is 266 g/mol. The lowest BCUT2D eigenvalue weighted by atomic mass is 10.1. The van der Waals surface area contributed by atoms with Gasteiger partial charge in [0.05, 0.1) is 0 Å². The Kier molecular flexibility index (Phi) is 5.91. The second-order valence-electron chi connectivity index (χ2n) is 3.14. The highest BCUT2D eigenvalue weighted by atomic mass is 35.5. The average molecular weight is 267 g/mol. The molecule has 1 aromatic carbocycles. The quantitative estimate of drug-likeness (QED) is 0.564. The number of ether oxygens (including phenoxy) is 1. The van der Waals surface area contributed by atoms with Gasteiger partial charge < -0.3 is 4.74 Å². The van der Waals surface area contributed by atoms with E-state index in [2.05, 4.69) is 4.74 Å². The van der Waals surface area contributed by atoms with Crippen LogP contribution in [0.3, 0.4) is 0 Å². The second-order valence-corrected chi connectivity index (χ2v) is 4.37. The van der Waals surface area contributed by atoms with Crippen LogP contribution in [0, 0.1) is 0 Å². The normalized spacial score (nSPS) is 10.8. The van der Waals surface area contributed by atoms with E-state index in [-0.39, 0.29) is 5.75 Å². The predicted molar refractivity (Wildman–Crippen MR) is 63.9 cm³/mol. The van der Waals surface area contributed by atoms with E-state index in [1.807, 2.05) is 12.3 Å². The van der Waals surface area contributed by atoms with E-state index in [0.29, 0.717) is 5.88 Å². The first kappa shape index (κ1) is 13.6. The van der Waals surface area contributed by atoms with Crippen LogP contribution < -0.4 is 4.74 Å². The molecule has 0 amide bonds. The molecule has 0 unspecified atom stereocenters. The molecule has 16 heavy (non-hydrogen) atoms. The third-order valence-electron chi connectivity index (χ3n) is 2.06. The standard InChI is InChI=1S/C11H13ClF2OS/c1-16-10-7-9(15-11(13)14)5-4-8(10)3-2-6-12/h4-5,7,11H,2-3,6H2,1H3. The Morgan fingerprint density at radius 3 is 2.75 bits per heavy atom. The van der Waals surface area contributed by atoms with Crippen LogP contribution in [0.1, 0.15) is 12.0 Å². The van der Waals surface area contributed by atoms with Crippen molar-refractivity contribution in [2.45, 2.75) is 24.3 Å². The fourth-order valence-electron chi connectivity index (χ4n) is 1.36. The van der Waals surface area contributed by atoms with Gasteiger partial charge >= 0.3 is 6.61 Å². The third-order valence-corrected chi connectivity index (χ3v) is 3.15. The van der Waals surface area contributed by atoms with Crippen LogP contribution in [-0.2, 0) is 6.42 Å². The zero-order valence-corrected chi connectivity index (χ0v) is 10.5. The van der Waals surface area contributed by atoms with Crippen LogP contribution in [0.4, 0.5) is 8.78 Å². The van der Waals surface area contributed by atoms with Gasteiger partial charge in [-0.1, -0.05) is 6.07 Å². The van der Waals surface area contributed by atoms with Crippen LogP contribution >= 0.6 is 23.4 Å². The smallest absolute Gasteiger partial charge is 0.387 e. The number of hydrogen-bond donors (Lipinski definition) is 0. The molecule has 1 nitrogen and oxygen atoms in total. The molecule has 0 aliphatic heterocycles. The van der Waals surface area contributed by atoms with Gasteiger partial charge in [-0.25, -0.2) is 0 Å². The van der Waals surface area contributed by atoms with Gasteiger partial charge in [0, 0.05) is 10.8 Å². The largest absolute Gasteiger partial charge is 0.435 e. The number of thioether (sulfide) groups is 1. The lowest BCUT2D eigenvalue weighted by Crippen LogP contribution is -2.02. The summed E-state index contributed by atoms with van der Waals surface area (Å²) >= 11 is 7.14. The average Bonchev–Trinajstić information content (AvgIpc) is 2.26. The Labute approximate surface area is 103 Å². The van der Waals surface area contributed by atoms with Crippen molar-refractivity contribution >= 4 is 23.4 Å². The molecule has 0 aromatic heterocycles. The first-order chi connectivity index (χ1) is 7.67. The molecule has 0 aliphatic rings. The van der Waals surface area contributed by atoms with Crippen LogP contribution in [0.15, 0.2) is 23.1 Å². The fraction of sp³-hybridized carbons (Fsp3) is 0.455. The molecule has 0 bridgehead atoms. The highest BCUT2D eigenvalue weighted by Gasteiger charge is 2.07. The molecule has 90 valence electrons. The molecule has 0 aliphatic carbocycles. The first-order valence-electron chi connectivity index (χ1n) is 4.85. The lowest BCUT2D eigenvalue weighted by molar-refractivity contribution is -0.0499. The van der Waals surface area contributed by atoms with Gasteiger partial charge in [-0.15, -0.1) is 23.4 Å². The molecule has 5 heteroatoms.